The number of hydrogen-bond donors (Lipinski definition) is 3. The number of likely N-dealkylation sites (tertiary alicyclic amines) is 1. The molecule has 1 saturated heterocycles. The summed E-state index contributed by atoms with van der Waals surface area (Å²) >= 11 is 0. The van der Waals surface area contributed by atoms with Crippen LogP contribution in [-0.4, -0.2) is 51.3 Å². The van der Waals surface area contributed by atoms with E-state index < -0.39 is 0 Å². The maximum absolute atomic E-state index is 13.3. The van der Waals surface area contributed by atoms with Gasteiger partial charge in [-0.3, -0.25) is 14.8 Å². The summed E-state index contributed by atoms with van der Waals surface area (Å²) in [6.45, 7) is 10.5. The molecule has 2 heterocycles. The number of nitrogens with zero attached hydrogens (tertiary/aromatic N) is 2. The first-order chi connectivity index (χ1) is 15.3. The summed E-state index contributed by atoms with van der Waals surface area (Å²) < 4.78 is 13.3. The van der Waals surface area contributed by atoms with Crippen molar-refractivity contribution in [1.29, 1.82) is 0 Å². The Balaban J connectivity index is 1.85. The molecule has 0 bridgehead atoms. The number of ketones is 1. The Morgan fingerprint density at radius 3 is 2.78 bits per heavy atom. The van der Waals surface area contributed by atoms with Gasteiger partial charge in [-0.2, -0.15) is 5.10 Å². The number of aromatic amines is 1. The van der Waals surface area contributed by atoms with Crippen LogP contribution >= 0.6 is 0 Å². The molecule has 0 aliphatic carbocycles. The third kappa shape index (κ3) is 5.34. The molecule has 172 valence electrons. The summed E-state index contributed by atoms with van der Waals surface area (Å²) in [5.41, 5.74) is 2.39. The average molecular weight is 441 g/mol. The van der Waals surface area contributed by atoms with Crippen LogP contribution in [0.5, 0.6) is 0 Å². The standard InChI is InChI=1S/C25H33FN4O2/c1-5-7-16(2)22-14-23(29-28-22)27-25(30-13-6-8-21(30)15-31)18(4)17(3)24(32)19-9-11-20(26)12-10-19/h5,7,9-12,14,17-18,21,25,31H,1,6,8,13,15H2,2-4H3,(H2,27,28,29). The first kappa shape index (κ1) is 23.9. The molecule has 3 rings (SSSR count). The van der Waals surface area contributed by atoms with E-state index in [1.165, 1.54) is 24.3 Å². The van der Waals surface area contributed by atoms with Crippen LogP contribution in [-0.2, 0) is 0 Å². The molecule has 2 aromatic rings. The van der Waals surface area contributed by atoms with Crippen molar-refractivity contribution in [3.8, 4) is 0 Å². The highest BCUT2D eigenvalue weighted by Gasteiger charge is 2.37. The number of aromatic nitrogens is 2. The first-order valence-electron chi connectivity index (χ1n) is 11.1. The second-order valence-corrected chi connectivity index (χ2v) is 8.58. The molecule has 7 heteroatoms. The molecule has 4 unspecified atom stereocenters. The van der Waals surface area contributed by atoms with Crippen LogP contribution in [0, 0.1) is 17.7 Å². The molecule has 1 aliphatic rings. The van der Waals surface area contributed by atoms with E-state index in [2.05, 4.69) is 27.0 Å². The Kier molecular flexibility index (Phi) is 7.99. The predicted octanol–water partition coefficient (Wildman–Crippen LogP) is 4.49. The highest BCUT2D eigenvalue weighted by molar-refractivity contribution is 5.97. The SMILES string of the molecule is C=CC=C(C)c1cc(NC(C(C)C(C)C(=O)c2ccc(F)cc2)N2CCCC2CO)n[nH]1. The van der Waals surface area contributed by atoms with Crippen LogP contribution in [0.15, 0.2) is 49.1 Å². The number of benzene rings is 1. The van der Waals surface area contributed by atoms with Gasteiger partial charge in [-0.15, -0.1) is 0 Å². The van der Waals surface area contributed by atoms with E-state index in [9.17, 15) is 14.3 Å². The molecule has 0 amide bonds. The number of H-pyrrole nitrogens is 1. The van der Waals surface area contributed by atoms with Crippen LogP contribution in [0.3, 0.4) is 0 Å². The van der Waals surface area contributed by atoms with Crippen molar-refractivity contribution < 1.29 is 14.3 Å². The zero-order valence-electron chi connectivity index (χ0n) is 19.0. The lowest BCUT2D eigenvalue weighted by molar-refractivity contribution is 0.0712. The Morgan fingerprint density at radius 1 is 1.41 bits per heavy atom. The number of hydrogen-bond acceptors (Lipinski definition) is 5. The van der Waals surface area contributed by atoms with Gasteiger partial charge in [0, 0.05) is 30.1 Å². The minimum absolute atomic E-state index is 0.0310. The van der Waals surface area contributed by atoms with Crippen molar-refractivity contribution in [3.05, 3.63) is 66.1 Å². The van der Waals surface area contributed by atoms with Gasteiger partial charge in [-0.25, -0.2) is 4.39 Å². The van der Waals surface area contributed by atoms with Gasteiger partial charge >= 0.3 is 0 Å². The minimum Gasteiger partial charge on any atom is -0.395 e. The molecule has 0 saturated carbocycles. The van der Waals surface area contributed by atoms with Crippen molar-refractivity contribution in [2.75, 3.05) is 18.5 Å². The zero-order valence-corrected chi connectivity index (χ0v) is 19.0. The molecule has 1 fully saturated rings. The summed E-state index contributed by atoms with van der Waals surface area (Å²) in [4.78, 5) is 15.4. The maximum Gasteiger partial charge on any atom is 0.166 e. The van der Waals surface area contributed by atoms with Gasteiger partial charge in [0.2, 0.25) is 0 Å². The van der Waals surface area contributed by atoms with Gasteiger partial charge in [0.25, 0.3) is 0 Å². The Morgan fingerprint density at radius 2 is 2.12 bits per heavy atom. The number of allylic oxidation sites excluding steroid dienone is 3. The summed E-state index contributed by atoms with van der Waals surface area (Å²) in [6, 6.07) is 7.66. The number of Topliss-reactive ketones (excluding diaryl/α,β-unsaturated/α-hetero) is 1. The summed E-state index contributed by atoms with van der Waals surface area (Å²) in [5, 5.41) is 20.9. The third-order valence-corrected chi connectivity index (χ3v) is 6.49. The van der Waals surface area contributed by atoms with Crippen molar-refractivity contribution in [2.24, 2.45) is 11.8 Å². The van der Waals surface area contributed by atoms with Crippen molar-refractivity contribution in [1.82, 2.24) is 15.1 Å². The molecule has 6 nitrogen and oxygen atoms in total. The lowest BCUT2D eigenvalue weighted by Crippen LogP contribution is -2.51. The summed E-state index contributed by atoms with van der Waals surface area (Å²) in [5.74, 6) is -0.127. The number of anilines is 1. The van der Waals surface area contributed by atoms with Crippen LogP contribution in [0.4, 0.5) is 10.2 Å². The number of aliphatic hydroxyl groups is 1. The van der Waals surface area contributed by atoms with Crippen LogP contribution < -0.4 is 5.32 Å². The monoisotopic (exact) mass is 440 g/mol. The largest absolute Gasteiger partial charge is 0.395 e. The van der Waals surface area contributed by atoms with Gasteiger partial charge < -0.3 is 10.4 Å². The first-order valence-corrected chi connectivity index (χ1v) is 11.1. The zero-order chi connectivity index (χ0) is 23.3. The fourth-order valence-electron chi connectivity index (χ4n) is 4.34. The molecule has 0 spiro atoms. The average Bonchev–Trinajstić information content (AvgIpc) is 3.46. The van der Waals surface area contributed by atoms with Gasteiger partial charge in [0.15, 0.2) is 5.78 Å². The molecule has 32 heavy (non-hydrogen) atoms. The minimum atomic E-state index is -0.361. The Labute approximate surface area is 189 Å². The highest BCUT2D eigenvalue weighted by Crippen LogP contribution is 2.30. The molecule has 4 atom stereocenters. The summed E-state index contributed by atoms with van der Waals surface area (Å²) in [6.07, 6.45) is 5.34. The van der Waals surface area contributed by atoms with E-state index in [0.717, 1.165) is 30.7 Å². The second kappa shape index (κ2) is 10.7. The normalized spacial score (nSPS) is 20.0. The topological polar surface area (TPSA) is 81.2 Å². The van der Waals surface area contributed by atoms with Crippen molar-refractivity contribution in [2.45, 2.75) is 45.8 Å². The highest BCUT2D eigenvalue weighted by atomic mass is 19.1. The number of carbonyl (C=O) groups excluding carboxylic acids is 1. The molecule has 1 aromatic carbocycles. The molecular weight excluding hydrogens is 407 g/mol. The Bertz CT molecular complexity index is 953. The quantitative estimate of drug-likeness (QED) is 0.375. The molecule has 3 N–H and O–H groups in total. The third-order valence-electron chi connectivity index (χ3n) is 6.49. The van der Waals surface area contributed by atoms with Crippen LogP contribution in [0.2, 0.25) is 0 Å². The Hall–Kier alpha value is -2.77. The van der Waals surface area contributed by atoms with Crippen molar-refractivity contribution in [3.63, 3.8) is 0 Å². The lowest BCUT2D eigenvalue weighted by Gasteiger charge is -2.38. The number of halogens is 1. The van der Waals surface area contributed by atoms with Crippen LogP contribution in [0.1, 0.15) is 49.7 Å². The van der Waals surface area contributed by atoms with E-state index in [0.29, 0.717) is 11.4 Å². The van der Waals surface area contributed by atoms with E-state index in [4.69, 9.17) is 0 Å². The molecule has 1 aromatic heterocycles. The number of nitrogens with one attached hydrogen (secondary N) is 2. The number of carbonyl (C=O) groups is 1. The predicted molar refractivity (Wildman–Crippen MR) is 126 cm³/mol. The maximum atomic E-state index is 13.3. The van der Waals surface area contributed by atoms with E-state index in [-0.39, 0.29) is 42.3 Å². The van der Waals surface area contributed by atoms with E-state index in [1.807, 2.05) is 32.9 Å². The fraction of sp³-hybridized carbons (Fsp3) is 0.440. The van der Waals surface area contributed by atoms with Crippen molar-refractivity contribution >= 4 is 17.2 Å². The number of aliphatic hydroxyl groups excluding tert-OH is 1. The summed E-state index contributed by atoms with van der Waals surface area (Å²) in [7, 11) is 0. The fourth-order valence-corrected chi connectivity index (χ4v) is 4.34. The van der Waals surface area contributed by atoms with Gasteiger partial charge in [-0.05, 0) is 55.5 Å². The number of rotatable bonds is 10. The van der Waals surface area contributed by atoms with Gasteiger partial charge in [-0.1, -0.05) is 32.6 Å². The molecule has 0 radical (unpaired) electrons. The molecule has 1 aliphatic heterocycles. The second-order valence-electron chi connectivity index (χ2n) is 8.58. The van der Waals surface area contributed by atoms with Crippen LogP contribution in [0.25, 0.3) is 5.57 Å². The lowest BCUT2D eigenvalue weighted by atomic mass is 9.85. The van der Waals surface area contributed by atoms with E-state index >= 15 is 0 Å². The van der Waals surface area contributed by atoms with Gasteiger partial charge in [0.1, 0.15) is 11.6 Å². The smallest absolute Gasteiger partial charge is 0.166 e. The van der Waals surface area contributed by atoms with Gasteiger partial charge in [0.05, 0.1) is 18.5 Å². The van der Waals surface area contributed by atoms with E-state index in [1.54, 1.807) is 6.08 Å². The molecular formula is C25H33FN4O2.